The van der Waals surface area contributed by atoms with Crippen LogP contribution in [0.1, 0.15) is 29.4 Å². The number of amides is 1. The molecular weight excluding hydrogens is 426 g/mol. The molecule has 0 aliphatic carbocycles. The lowest BCUT2D eigenvalue weighted by Gasteiger charge is -2.25. The van der Waals surface area contributed by atoms with Crippen LogP contribution in [-0.4, -0.2) is 64.9 Å². The fourth-order valence-corrected chi connectivity index (χ4v) is 4.61. The maximum Gasteiger partial charge on any atom is 0.255 e. The molecule has 1 amide bonds. The molecule has 1 saturated heterocycles. The second-order valence-electron chi connectivity index (χ2n) is 8.61. The largest absolute Gasteiger partial charge is 0.370 e. The number of hydrogen-bond donors (Lipinski definition) is 1. The van der Waals surface area contributed by atoms with Crippen molar-refractivity contribution in [2.45, 2.75) is 20.3 Å². The van der Waals surface area contributed by atoms with Gasteiger partial charge < -0.3 is 15.1 Å². The quantitative estimate of drug-likeness (QED) is 0.515. The number of anilines is 1. The Morgan fingerprint density at radius 1 is 1.03 bits per heavy atom. The first-order valence-corrected chi connectivity index (χ1v) is 11.2. The van der Waals surface area contributed by atoms with Crippen molar-refractivity contribution in [2.24, 2.45) is 0 Å². The summed E-state index contributed by atoms with van der Waals surface area (Å²) in [5.41, 5.74) is 3.66. The molecule has 1 fully saturated rings. The van der Waals surface area contributed by atoms with Gasteiger partial charge in [0.25, 0.3) is 5.91 Å². The summed E-state index contributed by atoms with van der Waals surface area (Å²) >= 11 is 0. The molecule has 0 spiro atoms. The van der Waals surface area contributed by atoms with Gasteiger partial charge >= 0.3 is 0 Å². The molecule has 1 aliphatic heterocycles. The van der Waals surface area contributed by atoms with Gasteiger partial charge in [-0.25, -0.2) is 18.7 Å². The molecule has 3 aromatic heterocycles. The van der Waals surface area contributed by atoms with E-state index in [0.29, 0.717) is 28.9 Å². The van der Waals surface area contributed by atoms with E-state index in [9.17, 15) is 13.6 Å². The van der Waals surface area contributed by atoms with Crippen LogP contribution in [0.2, 0.25) is 0 Å². The number of nitrogens with one attached hydrogen (secondary N) is 1. The number of halogens is 2. The Morgan fingerprint density at radius 2 is 1.82 bits per heavy atom. The van der Waals surface area contributed by atoms with E-state index in [1.165, 1.54) is 0 Å². The van der Waals surface area contributed by atoms with E-state index < -0.39 is 11.6 Å². The second-order valence-corrected chi connectivity index (χ2v) is 8.61. The number of carbonyl (C=O) groups is 1. The lowest BCUT2D eigenvalue weighted by atomic mass is 10.1. The van der Waals surface area contributed by atoms with Gasteiger partial charge in [0.05, 0.1) is 16.6 Å². The Morgan fingerprint density at radius 3 is 2.61 bits per heavy atom. The predicted molar refractivity (Wildman–Crippen MR) is 125 cm³/mol. The monoisotopic (exact) mass is 452 g/mol. The first-order valence-electron chi connectivity index (χ1n) is 11.2. The molecule has 172 valence electrons. The highest BCUT2D eigenvalue weighted by molar-refractivity contribution is 6.07. The number of hydrogen-bond acceptors (Lipinski definition) is 5. The van der Waals surface area contributed by atoms with Crippen LogP contribution in [0.3, 0.4) is 0 Å². The molecule has 0 saturated carbocycles. The van der Waals surface area contributed by atoms with Gasteiger partial charge in [0.2, 0.25) is 0 Å². The summed E-state index contributed by atoms with van der Waals surface area (Å²) in [6.45, 7) is 7.86. The zero-order valence-electron chi connectivity index (χ0n) is 19.0. The van der Waals surface area contributed by atoms with Gasteiger partial charge in [-0.05, 0) is 46.0 Å². The van der Waals surface area contributed by atoms with Crippen molar-refractivity contribution < 1.29 is 13.6 Å². The number of fused-ring (bicyclic) bond motifs is 5. The Hall–Kier alpha value is -3.33. The predicted octanol–water partition coefficient (Wildman–Crippen LogP) is 3.51. The molecule has 0 bridgehead atoms. The third kappa shape index (κ3) is 3.66. The summed E-state index contributed by atoms with van der Waals surface area (Å²) in [6, 6.07) is 6.02. The number of likely N-dealkylation sites (N-methyl/N-ethyl adjacent to an activating group) is 1. The van der Waals surface area contributed by atoms with Crippen molar-refractivity contribution in [3.63, 3.8) is 0 Å². The van der Waals surface area contributed by atoms with Crippen molar-refractivity contribution >= 4 is 39.3 Å². The van der Waals surface area contributed by atoms with Gasteiger partial charge in [-0.15, -0.1) is 0 Å². The molecule has 7 nitrogen and oxygen atoms in total. The Labute approximate surface area is 190 Å². The molecule has 1 aliphatic rings. The first-order chi connectivity index (χ1) is 15.9. The Balaban J connectivity index is 1.87. The van der Waals surface area contributed by atoms with Gasteiger partial charge in [-0.2, -0.15) is 0 Å². The van der Waals surface area contributed by atoms with E-state index in [1.807, 2.05) is 26.0 Å². The highest BCUT2D eigenvalue weighted by Gasteiger charge is 2.23. The zero-order chi connectivity index (χ0) is 23.3. The molecule has 1 N–H and O–H groups in total. The minimum absolute atomic E-state index is 0.271. The molecule has 33 heavy (non-hydrogen) atoms. The maximum atomic E-state index is 14.2. The van der Waals surface area contributed by atoms with Crippen LogP contribution < -0.4 is 10.2 Å². The average Bonchev–Trinajstić information content (AvgIpc) is 2.99. The Kier molecular flexibility index (Phi) is 5.36. The second kappa shape index (κ2) is 8.22. The number of nitrogens with zero attached hydrogens (tertiary/aromatic N) is 5. The third-order valence-electron chi connectivity index (χ3n) is 6.22. The van der Waals surface area contributed by atoms with E-state index in [2.05, 4.69) is 27.1 Å². The lowest BCUT2D eigenvalue weighted by Crippen LogP contribution is -2.29. The maximum absolute atomic E-state index is 14.2. The van der Waals surface area contributed by atoms with Crippen LogP contribution in [0.25, 0.3) is 27.7 Å². The van der Waals surface area contributed by atoms with Crippen LogP contribution in [0.5, 0.6) is 0 Å². The van der Waals surface area contributed by atoms with Gasteiger partial charge in [0, 0.05) is 55.1 Å². The van der Waals surface area contributed by atoms with Crippen molar-refractivity contribution in [2.75, 3.05) is 44.7 Å². The number of pyridine rings is 2. The van der Waals surface area contributed by atoms with Crippen molar-refractivity contribution in [3.05, 3.63) is 47.2 Å². The minimum atomic E-state index is -0.978. The standard InChI is InChI=1S/C24H26F2N6O/c1-4-27-24(33)16-11-15-20(31-7-5-6-30(3)8-9-31)10-14(2)28-22(15)32-21-13-18(26)17(25)12-19(21)29-23(16)32/h10-13H,4-9H2,1-3H3,(H,27,33). The van der Waals surface area contributed by atoms with Crippen LogP contribution in [0.15, 0.2) is 24.3 Å². The molecule has 4 aromatic rings. The fourth-order valence-electron chi connectivity index (χ4n) is 4.61. The lowest BCUT2D eigenvalue weighted by molar-refractivity contribution is 0.0957. The number of benzene rings is 1. The number of imidazole rings is 1. The number of rotatable bonds is 3. The smallest absolute Gasteiger partial charge is 0.255 e. The highest BCUT2D eigenvalue weighted by Crippen LogP contribution is 2.33. The highest BCUT2D eigenvalue weighted by atomic mass is 19.2. The fraction of sp³-hybridized carbons (Fsp3) is 0.375. The molecule has 0 unspecified atom stereocenters. The molecule has 0 radical (unpaired) electrons. The van der Waals surface area contributed by atoms with Gasteiger partial charge in [0.1, 0.15) is 5.65 Å². The molecule has 4 heterocycles. The van der Waals surface area contributed by atoms with E-state index in [0.717, 1.165) is 61.5 Å². The van der Waals surface area contributed by atoms with Crippen molar-refractivity contribution in [1.29, 1.82) is 0 Å². The van der Waals surface area contributed by atoms with Crippen LogP contribution >= 0.6 is 0 Å². The molecule has 0 atom stereocenters. The molecular formula is C24H26F2N6O. The molecule has 1 aromatic carbocycles. The van der Waals surface area contributed by atoms with E-state index in [-0.39, 0.29) is 11.4 Å². The first kappa shape index (κ1) is 21.5. The summed E-state index contributed by atoms with van der Waals surface area (Å²) < 4.78 is 29.9. The van der Waals surface area contributed by atoms with E-state index >= 15 is 0 Å². The van der Waals surface area contributed by atoms with E-state index in [1.54, 1.807) is 4.40 Å². The number of aryl methyl sites for hydroxylation is 1. The van der Waals surface area contributed by atoms with Crippen LogP contribution in [0, 0.1) is 18.6 Å². The minimum Gasteiger partial charge on any atom is -0.370 e. The van der Waals surface area contributed by atoms with E-state index in [4.69, 9.17) is 4.98 Å². The molecule has 9 heteroatoms. The summed E-state index contributed by atoms with van der Waals surface area (Å²) in [4.78, 5) is 26.9. The number of aromatic nitrogens is 3. The summed E-state index contributed by atoms with van der Waals surface area (Å²) in [6.07, 6.45) is 1.02. The Bertz CT molecular complexity index is 1400. The normalized spacial score (nSPS) is 15.5. The summed E-state index contributed by atoms with van der Waals surface area (Å²) in [5.74, 6) is -2.24. The van der Waals surface area contributed by atoms with Gasteiger partial charge in [-0.1, -0.05) is 0 Å². The molecule has 5 rings (SSSR count). The van der Waals surface area contributed by atoms with Crippen molar-refractivity contribution in [3.8, 4) is 0 Å². The SMILES string of the molecule is CCNC(=O)c1cc2c(N3CCCN(C)CC3)cc(C)nc2n2c1nc1cc(F)c(F)cc12. The van der Waals surface area contributed by atoms with Gasteiger partial charge in [0.15, 0.2) is 17.3 Å². The summed E-state index contributed by atoms with van der Waals surface area (Å²) in [5, 5.41) is 3.61. The van der Waals surface area contributed by atoms with Crippen LogP contribution in [-0.2, 0) is 0 Å². The van der Waals surface area contributed by atoms with Crippen molar-refractivity contribution in [1.82, 2.24) is 24.6 Å². The average molecular weight is 453 g/mol. The summed E-state index contributed by atoms with van der Waals surface area (Å²) in [7, 11) is 2.11. The number of carbonyl (C=O) groups excluding carboxylic acids is 1. The van der Waals surface area contributed by atoms with Crippen LogP contribution in [0.4, 0.5) is 14.5 Å². The zero-order valence-corrected chi connectivity index (χ0v) is 19.0. The topological polar surface area (TPSA) is 65.8 Å². The van der Waals surface area contributed by atoms with Gasteiger partial charge in [-0.3, -0.25) is 9.20 Å². The third-order valence-corrected chi connectivity index (χ3v) is 6.22.